The number of hydrogen-bond acceptors (Lipinski definition) is 4. The van der Waals surface area contributed by atoms with Crippen molar-refractivity contribution in [3.63, 3.8) is 0 Å². The summed E-state index contributed by atoms with van der Waals surface area (Å²) < 4.78 is 3.45. The topological polar surface area (TPSA) is 81.3 Å². The summed E-state index contributed by atoms with van der Waals surface area (Å²) in [6.07, 6.45) is 3.51. The van der Waals surface area contributed by atoms with E-state index < -0.39 is 0 Å². The second kappa shape index (κ2) is 7.26. The Kier molecular flexibility index (Phi) is 4.65. The van der Waals surface area contributed by atoms with Gasteiger partial charge in [-0.2, -0.15) is 0 Å². The lowest BCUT2D eigenvalue weighted by Crippen LogP contribution is -2.28. The first kappa shape index (κ1) is 17.9. The summed E-state index contributed by atoms with van der Waals surface area (Å²) in [4.78, 5) is 25.7. The summed E-state index contributed by atoms with van der Waals surface area (Å²) in [7, 11) is 0. The van der Waals surface area contributed by atoms with Crippen LogP contribution in [0.4, 0.5) is 0 Å². The van der Waals surface area contributed by atoms with Crippen LogP contribution < -0.4 is 10.9 Å². The summed E-state index contributed by atoms with van der Waals surface area (Å²) in [5, 5.41) is 12.3. The second-order valence-electron chi connectivity index (χ2n) is 7.17. The van der Waals surface area contributed by atoms with Gasteiger partial charge in [0.05, 0.1) is 12.1 Å². The Labute approximate surface area is 161 Å². The molecule has 3 aromatic heterocycles. The van der Waals surface area contributed by atoms with Gasteiger partial charge in [0.1, 0.15) is 0 Å². The first-order valence-electron chi connectivity index (χ1n) is 9.23. The van der Waals surface area contributed by atoms with E-state index in [4.69, 9.17) is 0 Å². The summed E-state index contributed by atoms with van der Waals surface area (Å²) in [5.41, 5.74) is 1.12. The van der Waals surface area contributed by atoms with E-state index in [9.17, 15) is 9.59 Å². The van der Waals surface area contributed by atoms with Crippen LogP contribution in [0.15, 0.2) is 59.7 Å². The third-order valence-electron chi connectivity index (χ3n) is 4.59. The number of fused-ring (bicyclic) bond motifs is 2. The van der Waals surface area contributed by atoms with E-state index >= 15 is 0 Å². The molecule has 7 nitrogen and oxygen atoms in total. The van der Waals surface area contributed by atoms with Crippen molar-refractivity contribution in [2.24, 2.45) is 5.92 Å². The van der Waals surface area contributed by atoms with E-state index in [0.29, 0.717) is 28.7 Å². The highest BCUT2D eigenvalue weighted by molar-refractivity contribution is 6.06. The van der Waals surface area contributed by atoms with Gasteiger partial charge in [-0.25, -0.2) is 0 Å². The summed E-state index contributed by atoms with van der Waals surface area (Å²) >= 11 is 0. The molecule has 0 spiro atoms. The number of nitrogens with zero attached hydrogens (tertiary/aromatic N) is 4. The zero-order valence-corrected chi connectivity index (χ0v) is 15.8. The molecule has 1 aromatic carbocycles. The average Bonchev–Trinajstić information content (AvgIpc) is 3.11. The van der Waals surface area contributed by atoms with Crippen LogP contribution in [0.1, 0.15) is 30.0 Å². The molecule has 3 heterocycles. The number of amides is 1. The smallest absolute Gasteiger partial charge is 0.258 e. The van der Waals surface area contributed by atoms with Crippen LogP contribution in [0.2, 0.25) is 0 Å². The molecule has 1 N–H and O–H groups in total. The van der Waals surface area contributed by atoms with Gasteiger partial charge in [-0.1, -0.05) is 38.1 Å². The molecule has 0 aliphatic rings. The van der Waals surface area contributed by atoms with Gasteiger partial charge < -0.3 is 9.88 Å². The van der Waals surface area contributed by atoms with Crippen LogP contribution in [0.3, 0.4) is 0 Å². The van der Waals surface area contributed by atoms with Crippen molar-refractivity contribution >= 4 is 22.3 Å². The van der Waals surface area contributed by atoms with Crippen molar-refractivity contribution in [2.75, 3.05) is 0 Å². The lowest BCUT2D eigenvalue weighted by atomic mass is 10.1. The lowest BCUT2D eigenvalue weighted by Gasteiger charge is -2.14. The van der Waals surface area contributed by atoms with Crippen LogP contribution >= 0.6 is 0 Å². The Balaban J connectivity index is 1.68. The van der Waals surface area contributed by atoms with Crippen LogP contribution in [0, 0.1) is 5.92 Å². The Morgan fingerprint density at radius 3 is 2.61 bits per heavy atom. The molecule has 0 atom stereocenters. The van der Waals surface area contributed by atoms with E-state index in [1.807, 2.05) is 54.8 Å². The molecule has 4 aromatic rings. The minimum absolute atomic E-state index is 0.0794. The fraction of sp³-hybridized carbons (Fsp3) is 0.238. The highest BCUT2D eigenvalue weighted by Crippen LogP contribution is 2.16. The van der Waals surface area contributed by atoms with Crippen molar-refractivity contribution in [3.8, 4) is 0 Å². The number of hydrogen-bond donors (Lipinski definition) is 1. The van der Waals surface area contributed by atoms with Crippen molar-refractivity contribution in [1.29, 1.82) is 0 Å². The van der Waals surface area contributed by atoms with Crippen LogP contribution in [-0.2, 0) is 13.1 Å². The second-order valence-corrected chi connectivity index (χ2v) is 7.17. The van der Waals surface area contributed by atoms with Crippen molar-refractivity contribution in [1.82, 2.24) is 24.5 Å². The molecule has 0 saturated heterocycles. The number of benzene rings is 1. The third-order valence-corrected chi connectivity index (χ3v) is 4.59. The molecule has 0 unspecified atom stereocenters. The first-order valence-corrected chi connectivity index (χ1v) is 9.23. The minimum Gasteiger partial charge on any atom is -0.345 e. The molecule has 0 aliphatic carbocycles. The van der Waals surface area contributed by atoms with E-state index in [0.717, 1.165) is 5.65 Å². The quantitative estimate of drug-likeness (QED) is 0.581. The predicted octanol–water partition coefficient (Wildman–Crippen LogP) is 2.63. The predicted molar refractivity (Wildman–Crippen MR) is 107 cm³/mol. The number of pyridine rings is 2. The van der Waals surface area contributed by atoms with Gasteiger partial charge >= 0.3 is 0 Å². The van der Waals surface area contributed by atoms with Crippen LogP contribution in [0.25, 0.3) is 16.4 Å². The molecule has 0 bridgehead atoms. The Bertz CT molecular complexity index is 1220. The Morgan fingerprint density at radius 2 is 1.82 bits per heavy atom. The molecule has 7 heteroatoms. The molecule has 28 heavy (non-hydrogen) atoms. The summed E-state index contributed by atoms with van der Waals surface area (Å²) in [6, 6.07) is 12.8. The maximum absolute atomic E-state index is 13.0. The highest BCUT2D eigenvalue weighted by Gasteiger charge is 2.16. The zero-order valence-electron chi connectivity index (χ0n) is 15.8. The van der Waals surface area contributed by atoms with Gasteiger partial charge in [-0.15, -0.1) is 10.2 Å². The minimum atomic E-state index is -0.249. The summed E-state index contributed by atoms with van der Waals surface area (Å²) in [5.74, 6) is 0.683. The lowest BCUT2D eigenvalue weighted by molar-refractivity contribution is 0.0950. The Hall–Kier alpha value is -3.48. The molecule has 0 fully saturated rings. The molecule has 4 rings (SSSR count). The van der Waals surface area contributed by atoms with E-state index in [2.05, 4.69) is 15.5 Å². The molecule has 1 amide bonds. The molecule has 0 saturated carbocycles. The van der Waals surface area contributed by atoms with Crippen LogP contribution in [-0.4, -0.2) is 25.1 Å². The molecule has 0 aliphatic heterocycles. The SMILES string of the molecule is CC(C)Cn1cc(C(=O)NCc2nnc3ccccn23)c2ccccc2c1=O. The molecule has 142 valence electrons. The number of rotatable bonds is 5. The average molecular weight is 375 g/mol. The zero-order chi connectivity index (χ0) is 19.7. The van der Waals surface area contributed by atoms with Gasteiger partial charge in [-0.05, 0) is 24.1 Å². The number of carbonyl (C=O) groups is 1. The maximum atomic E-state index is 13.0. The van der Waals surface area contributed by atoms with Crippen molar-refractivity contribution < 1.29 is 4.79 Å². The van der Waals surface area contributed by atoms with Gasteiger partial charge in [0.25, 0.3) is 11.5 Å². The number of carbonyl (C=O) groups excluding carboxylic acids is 1. The third kappa shape index (κ3) is 3.26. The van der Waals surface area contributed by atoms with Gasteiger partial charge in [0, 0.05) is 29.7 Å². The van der Waals surface area contributed by atoms with Crippen molar-refractivity contribution in [2.45, 2.75) is 26.9 Å². The Morgan fingerprint density at radius 1 is 1.07 bits per heavy atom. The standard InChI is InChI=1S/C21H21N5O2/c1-14(2)12-25-13-17(15-7-3-4-8-16(15)21(25)28)20(27)22-11-19-24-23-18-9-5-6-10-26(18)19/h3-10,13-14H,11-12H2,1-2H3,(H,22,27). The van der Waals surface area contributed by atoms with Gasteiger partial charge in [-0.3, -0.25) is 14.0 Å². The van der Waals surface area contributed by atoms with E-state index in [1.54, 1.807) is 22.9 Å². The number of aromatic nitrogens is 4. The van der Waals surface area contributed by atoms with Crippen LogP contribution in [0.5, 0.6) is 0 Å². The fourth-order valence-electron chi connectivity index (χ4n) is 3.32. The van der Waals surface area contributed by atoms with Gasteiger partial charge in [0.2, 0.25) is 0 Å². The largest absolute Gasteiger partial charge is 0.345 e. The first-order chi connectivity index (χ1) is 13.5. The molecular weight excluding hydrogens is 354 g/mol. The van der Waals surface area contributed by atoms with E-state index in [-0.39, 0.29) is 23.9 Å². The molecule has 0 radical (unpaired) electrons. The maximum Gasteiger partial charge on any atom is 0.258 e. The monoisotopic (exact) mass is 375 g/mol. The van der Waals surface area contributed by atoms with Crippen molar-refractivity contribution in [3.05, 3.63) is 76.6 Å². The highest BCUT2D eigenvalue weighted by atomic mass is 16.2. The summed E-state index contributed by atoms with van der Waals surface area (Å²) in [6.45, 7) is 4.87. The molecular formula is C21H21N5O2. The normalized spacial score (nSPS) is 11.4. The van der Waals surface area contributed by atoms with Gasteiger partial charge in [0.15, 0.2) is 11.5 Å². The fourth-order valence-corrected chi connectivity index (χ4v) is 3.32. The van der Waals surface area contributed by atoms with E-state index in [1.165, 1.54) is 0 Å². The number of nitrogens with one attached hydrogen (secondary N) is 1.